The van der Waals surface area contributed by atoms with Crippen molar-refractivity contribution in [2.24, 2.45) is 0 Å². The predicted octanol–water partition coefficient (Wildman–Crippen LogP) is 1.78. The molecule has 1 aliphatic heterocycles. The minimum absolute atomic E-state index is 0.0514. The van der Waals surface area contributed by atoms with Gasteiger partial charge >= 0.3 is 0 Å². The van der Waals surface area contributed by atoms with E-state index in [4.69, 9.17) is 14.2 Å². The van der Waals surface area contributed by atoms with Crippen LogP contribution in [0.1, 0.15) is 12.0 Å². The molecule has 2 unspecified atom stereocenters. The van der Waals surface area contributed by atoms with Crippen molar-refractivity contribution in [2.45, 2.75) is 25.4 Å². The van der Waals surface area contributed by atoms with Gasteiger partial charge in [0, 0.05) is 25.6 Å². The first kappa shape index (κ1) is 18.6. The quantitative estimate of drug-likeness (QED) is 0.480. The van der Waals surface area contributed by atoms with Crippen LogP contribution in [0.15, 0.2) is 0 Å². The van der Waals surface area contributed by atoms with Crippen LogP contribution >= 0.6 is 0 Å². The molecule has 0 aliphatic carbocycles. The summed E-state index contributed by atoms with van der Waals surface area (Å²) >= 11 is 0. The fourth-order valence-corrected chi connectivity index (χ4v) is 2.08. The van der Waals surface area contributed by atoms with Gasteiger partial charge in [-0.1, -0.05) is 0 Å². The van der Waals surface area contributed by atoms with E-state index in [-0.39, 0.29) is 13.2 Å². The van der Waals surface area contributed by atoms with Crippen LogP contribution in [0.5, 0.6) is 0 Å². The van der Waals surface area contributed by atoms with E-state index in [9.17, 15) is 26.7 Å². The Morgan fingerprint density at radius 3 is 2.25 bits per heavy atom. The third-order valence-electron chi connectivity index (χ3n) is 3.34. The van der Waals surface area contributed by atoms with E-state index in [2.05, 4.69) is 5.32 Å². The van der Waals surface area contributed by atoms with Crippen LogP contribution in [0.2, 0.25) is 0 Å². The molecule has 0 radical (unpaired) electrons. The van der Waals surface area contributed by atoms with Crippen molar-refractivity contribution < 1.29 is 41.0 Å². The smallest absolute Gasteiger partial charge is 0.271 e. The Morgan fingerprint density at radius 1 is 1.12 bits per heavy atom. The number of nitrogens with one attached hydrogen (secondary N) is 1. The normalized spacial score (nSPS) is 20.4. The maximum Gasteiger partial charge on any atom is 0.271 e. The van der Waals surface area contributed by atoms with Crippen LogP contribution in [-0.2, 0) is 25.4 Å². The minimum Gasteiger partial charge on any atom is -0.353 e. The molecule has 2 atom stereocenters. The van der Waals surface area contributed by atoms with Crippen molar-refractivity contribution in [3.8, 4) is 0 Å². The molecule has 134 valence electrons. The van der Waals surface area contributed by atoms with Gasteiger partial charge in [-0.25, -0.2) is 22.0 Å². The van der Waals surface area contributed by atoms with Gasteiger partial charge in [-0.3, -0.25) is 4.79 Å². The Hall–Kier alpha value is -1.78. The number of rotatable bonds is 6. The van der Waals surface area contributed by atoms with E-state index >= 15 is 0 Å². The van der Waals surface area contributed by atoms with Crippen LogP contribution < -0.4 is 5.32 Å². The summed E-state index contributed by atoms with van der Waals surface area (Å²) in [5, 5.41) is 2.41. The number of ether oxygens (including phenoxy) is 3. The summed E-state index contributed by atoms with van der Waals surface area (Å²) in [5.41, 5.74) is -1.03. The van der Waals surface area contributed by atoms with Gasteiger partial charge in [0.15, 0.2) is 23.3 Å². The second kappa shape index (κ2) is 7.86. The third-order valence-corrected chi connectivity index (χ3v) is 3.34. The molecule has 5 nitrogen and oxygen atoms in total. The van der Waals surface area contributed by atoms with E-state index in [1.807, 2.05) is 0 Å². The van der Waals surface area contributed by atoms with Crippen molar-refractivity contribution in [1.82, 2.24) is 5.32 Å². The van der Waals surface area contributed by atoms with Gasteiger partial charge in [0.05, 0.1) is 6.61 Å². The van der Waals surface area contributed by atoms with Gasteiger partial charge in [-0.05, 0) is 6.42 Å². The lowest BCUT2D eigenvalue weighted by atomic mass is 10.1. The summed E-state index contributed by atoms with van der Waals surface area (Å²) in [5.74, 6) is -10.8. The maximum atomic E-state index is 13.5. The molecule has 0 saturated carbocycles. The number of halogens is 5. The molecule has 1 N–H and O–H groups in total. The lowest BCUT2D eigenvalue weighted by Crippen LogP contribution is -2.33. The molecule has 1 aliphatic rings. The van der Waals surface area contributed by atoms with E-state index in [0.29, 0.717) is 0 Å². The van der Waals surface area contributed by atoms with Gasteiger partial charge in [0.2, 0.25) is 11.7 Å². The fraction of sp³-hybridized carbons (Fsp3) is 0.500. The Bertz CT molecular complexity index is 599. The van der Waals surface area contributed by atoms with Gasteiger partial charge in [-0.2, -0.15) is 0 Å². The molecule has 1 amide bonds. The first-order valence-corrected chi connectivity index (χ1v) is 6.92. The van der Waals surface area contributed by atoms with E-state index in [0.717, 1.165) is 0 Å². The molecule has 1 aromatic carbocycles. The largest absolute Gasteiger partial charge is 0.353 e. The second-order valence-electron chi connectivity index (χ2n) is 4.97. The Labute approximate surface area is 133 Å². The summed E-state index contributed by atoms with van der Waals surface area (Å²) in [6.07, 6.45) is -1.56. The highest BCUT2D eigenvalue weighted by Crippen LogP contribution is 2.24. The molecule has 0 aromatic heterocycles. The summed E-state index contributed by atoms with van der Waals surface area (Å²) in [6, 6.07) is 0. The number of hydrogen-bond donors (Lipinski definition) is 1. The molecule has 1 fully saturated rings. The van der Waals surface area contributed by atoms with Crippen molar-refractivity contribution >= 4 is 5.91 Å². The number of amides is 1. The van der Waals surface area contributed by atoms with Gasteiger partial charge < -0.3 is 19.5 Å². The molecular weight excluding hydrogens is 341 g/mol. The number of carbonyl (C=O) groups is 1. The molecule has 1 heterocycles. The average molecular weight is 355 g/mol. The van der Waals surface area contributed by atoms with Gasteiger partial charge in [0.25, 0.3) is 6.48 Å². The Kier molecular flexibility index (Phi) is 6.08. The zero-order chi connectivity index (χ0) is 17.9. The summed E-state index contributed by atoms with van der Waals surface area (Å²) in [7, 11) is 1.37. The lowest BCUT2D eigenvalue weighted by Gasteiger charge is -2.11. The minimum atomic E-state index is -2.23. The average Bonchev–Trinajstić information content (AvgIpc) is 3.04. The number of carbonyl (C=O) groups excluding carboxylic acids is 1. The first-order chi connectivity index (χ1) is 11.3. The highest BCUT2D eigenvalue weighted by Gasteiger charge is 2.27. The van der Waals surface area contributed by atoms with Crippen molar-refractivity contribution in [2.75, 3.05) is 20.3 Å². The van der Waals surface area contributed by atoms with E-state index in [1.165, 1.54) is 7.11 Å². The molecular formula is C14H14F5NO4. The zero-order valence-corrected chi connectivity index (χ0v) is 12.5. The Balaban J connectivity index is 1.88. The standard InChI is InChI=1S/C14H14F5NO4/c1-22-14-23-5-6(24-14)4-20-8(21)3-2-7-9(15)11(17)13(19)12(18)10(7)16/h6,14H,2-5H2,1H3,(H,20,21). The third kappa shape index (κ3) is 4.00. The molecule has 2 rings (SSSR count). The molecule has 24 heavy (non-hydrogen) atoms. The maximum absolute atomic E-state index is 13.5. The Morgan fingerprint density at radius 2 is 1.71 bits per heavy atom. The van der Waals surface area contributed by atoms with Crippen LogP contribution in [0.25, 0.3) is 0 Å². The predicted molar refractivity (Wildman–Crippen MR) is 69.2 cm³/mol. The molecule has 0 spiro atoms. The summed E-state index contributed by atoms with van der Waals surface area (Å²) in [6.45, 7) is -0.605. The molecule has 1 aromatic rings. The number of methoxy groups -OCH3 is 1. The van der Waals surface area contributed by atoms with Gasteiger partial charge in [-0.15, -0.1) is 0 Å². The lowest BCUT2D eigenvalue weighted by molar-refractivity contribution is -0.222. The zero-order valence-electron chi connectivity index (χ0n) is 12.5. The second-order valence-corrected chi connectivity index (χ2v) is 4.97. The number of hydrogen-bond acceptors (Lipinski definition) is 4. The monoisotopic (exact) mass is 355 g/mol. The van der Waals surface area contributed by atoms with Crippen LogP contribution in [0.3, 0.4) is 0 Å². The van der Waals surface area contributed by atoms with Crippen molar-refractivity contribution in [3.05, 3.63) is 34.6 Å². The highest BCUT2D eigenvalue weighted by atomic mass is 19.2. The molecule has 10 heteroatoms. The summed E-state index contributed by atoms with van der Waals surface area (Å²) < 4.78 is 80.9. The van der Waals surface area contributed by atoms with Gasteiger partial charge in [0.1, 0.15) is 6.10 Å². The highest BCUT2D eigenvalue weighted by molar-refractivity contribution is 5.76. The first-order valence-electron chi connectivity index (χ1n) is 6.92. The van der Waals surface area contributed by atoms with E-state index in [1.54, 1.807) is 0 Å². The van der Waals surface area contributed by atoms with Crippen molar-refractivity contribution in [1.29, 1.82) is 0 Å². The van der Waals surface area contributed by atoms with E-state index < -0.39 is 66.0 Å². The topological polar surface area (TPSA) is 56.8 Å². The molecule has 1 saturated heterocycles. The summed E-state index contributed by atoms with van der Waals surface area (Å²) in [4.78, 5) is 11.6. The van der Waals surface area contributed by atoms with Crippen LogP contribution in [0, 0.1) is 29.1 Å². The van der Waals surface area contributed by atoms with Crippen LogP contribution in [0.4, 0.5) is 22.0 Å². The van der Waals surface area contributed by atoms with Crippen molar-refractivity contribution in [3.63, 3.8) is 0 Å². The SMILES string of the molecule is COC1OCC(CNC(=O)CCc2c(F)c(F)c(F)c(F)c2F)O1. The van der Waals surface area contributed by atoms with Crippen LogP contribution in [-0.4, -0.2) is 38.7 Å². The fourth-order valence-electron chi connectivity index (χ4n) is 2.08. The molecule has 0 bridgehead atoms. The number of benzene rings is 1.